The van der Waals surface area contributed by atoms with Crippen LogP contribution in [0.3, 0.4) is 0 Å². The van der Waals surface area contributed by atoms with Crippen LogP contribution in [0.4, 0.5) is 17.1 Å². The summed E-state index contributed by atoms with van der Waals surface area (Å²) in [7, 11) is 0. The molecular formula is C22H28N4O2. The maximum atomic E-state index is 12.4. The van der Waals surface area contributed by atoms with Gasteiger partial charge in [0.1, 0.15) is 6.04 Å². The monoisotopic (exact) mass is 380 g/mol. The van der Waals surface area contributed by atoms with Gasteiger partial charge in [0.05, 0.1) is 0 Å². The molecule has 0 aliphatic carbocycles. The van der Waals surface area contributed by atoms with Crippen molar-refractivity contribution >= 4 is 28.9 Å². The normalized spacial score (nSPS) is 15.4. The highest BCUT2D eigenvalue weighted by Crippen LogP contribution is 2.22. The van der Waals surface area contributed by atoms with Crippen LogP contribution < -0.4 is 21.3 Å². The van der Waals surface area contributed by atoms with E-state index in [1.807, 2.05) is 19.1 Å². The summed E-state index contributed by atoms with van der Waals surface area (Å²) in [6.45, 7) is 4.04. The number of carbonyl (C=O) groups is 2. The second kappa shape index (κ2) is 9.26. The Bertz CT molecular complexity index is 794. The number of nitrogens with zero attached hydrogens (tertiary/aromatic N) is 1. The fourth-order valence-electron chi connectivity index (χ4n) is 3.38. The topological polar surface area (TPSA) is 87.5 Å². The third-order valence-electron chi connectivity index (χ3n) is 5.05. The van der Waals surface area contributed by atoms with E-state index in [9.17, 15) is 9.59 Å². The van der Waals surface area contributed by atoms with E-state index in [4.69, 9.17) is 5.73 Å². The van der Waals surface area contributed by atoms with Gasteiger partial charge in [-0.05, 0) is 68.3 Å². The maximum absolute atomic E-state index is 12.4. The predicted octanol–water partition coefficient (Wildman–Crippen LogP) is 3.61. The summed E-state index contributed by atoms with van der Waals surface area (Å²) in [5.74, 6) is -0.639. The van der Waals surface area contributed by atoms with Crippen molar-refractivity contribution in [1.82, 2.24) is 0 Å². The number of nitrogens with two attached hydrogens (primary N) is 1. The van der Waals surface area contributed by atoms with Crippen molar-refractivity contribution in [2.24, 2.45) is 5.73 Å². The molecule has 4 N–H and O–H groups in total. The molecule has 3 rings (SSSR count). The number of benzene rings is 2. The number of hydrogen-bond acceptors (Lipinski definition) is 4. The van der Waals surface area contributed by atoms with Gasteiger partial charge in [-0.1, -0.05) is 12.8 Å². The van der Waals surface area contributed by atoms with Crippen LogP contribution in [0.2, 0.25) is 0 Å². The summed E-state index contributed by atoms with van der Waals surface area (Å²) in [4.78, 5) is 26.0. The highest BCUT2D eigenvalue weighted by molar-refractivity contribution is 5.97. The van der Waals surface area contributed by atoms with E-state index >= 15 is 0 Å². The summed E-state index contributed by atoms with van der Waals surface area (Å²) in [6, 6.07) is 14.4. The fourth-order valence-corrected chi connectivity index (χ4v) is 3.38. The molecule has 6 nitrogen and oxygen atoms in total. The van der Waals surface area contributed by atoms with E-state index in [0.29, 0.717) is 11.3 Å². The minimum Gasteiger partial charge on any atom is -0.374 e. The number of nitrogens with one attached hydrogen (secondary N) is 2. The number of hydrogen-bond donors (Lipinski definition) is 3. The number of anilines is 3. The van der Waals surface area contributed by atoms with Crippen molar-refractivity contribution in [2.75, 3.05) is 28.6 Å². The molecule has 0 bridgehead atoms. The van der Waals surface area contributed by atoms with Gasteiger partial charge in [0, 0.05) is 35.7 Å². The van der Waals surface area contributed by atoms with Gasteiger partial charge in [-0.25, -0.2) is 0 Å². The Kier molecular flexibility index (Phi) is 6.53. The van der Waals surface area contributed by atoms with E-state index in [-0.39, 0.29) is 5.91 Å². The van der Waals surface area contributed by atoms with E-state index in [0.717, 1.165) is 18.8 Å². The second-order valence-electron chi connectivity index (χ2n) is 7.25. The zero-order valence-corrected chi connectivity index (χ0v) is 16.3. The molecule has 1 saturated heterocycles. The Morgan fingerprint density at radius 1 is 0.893 bits per heavy atom. The molecule has 0 aromatic heterocycles. The first-order valence-corrected chi connectivity index (χ1v) is 9.85. The van der Waals surface area contributed by atoms with Crippen LogP contribution >= 0.6 is 0 Å². The highest BCUT2D eigenvalue weighted by atomic mass is 16.2. The van der Waals surface area contributed by atoms with Crippen LogP contribution in [-0.2, 0) is 4.79 Å². The van der Waals surface area contributed by atoms with Crippen LogP contribution in [0, 0.1) is 0 Å². The average molecular weight is 380 g/mol. The van der Waals surface area contributed by atoms with Gasteiger partial charge in [0.2, 0.25) is 11.8 Å². The standard InChI is InChI=1S/C22H28N4O2/c1-16(22(28)25-19-8-6-17(7-9-19)21(23)27)24-18-10-12-20(13-11-18)26-14-4-2-3-5-15-26/h6-13,16,24H,2-5,14-15H2,1H3,(H2,23,27)(H,25,28)/t16-/m1/s1. The molecule has 0 radical (unpaired) electrons. The lowest BCUT2D eigenvalue weighted by molar-refractivity contribution is -0.116. The van der Waals surface area contributed by atoms with Gasteiger partial charge in [0.15, 0.2) is 0 Å². The van der Waals surface area contributed by atoms with Gasteiger partial charge in [-0.2, -0.15) is 0 Å². The summed E-state index contributed by atoms with van der Waals surface area (Å²) in [6.07, 6.45) is 5.12. The summed E-state index contributed by atoms with van der Waals surface area (Å²) < 4.78 is 0. The smallest absolute Gasteiger partial charge is 0.248 e. The van der Waals surface area contributed by atoms with Gasteiger partial charge in [0.25, 0.3) is 0 Å². The minimum absolute atomic E-state index is 0.150. The summed E-state index contributed by atoms with van der Waals surface area (Å²) >= 11 is 0. The van der Waals surface area contributed by atoms with Crippen LogP contribution in [0.5, 0.6) is 0 Å². The molecule has 2 aromatic carbocycles. The number of rotatable bonds is 6. The third-order valence-corrected chi connectivity index (χ3v) is 5.05. The minimum atomic E-state index is -0.489. The number of primary amides is 1. The highest BCUT2D eigenvalue weighted by Gasteiger charge is 2.14. The fraction of sp³-hybridized carbons (Fsp3) is 0.364. The average Bonchev–Trinajstić information content (AvgIpc) is 2.98. The Morgan fingerprint density at radius 2 is 1.46 bits per heavy atom. The largest absolute Gasteiger partial charge is 0.374 e. The van der Waals surface area contributed by atoms with Crippen LogP contribution in [0.15, 0.2) is 48.5 Å². The first-order chi connectivity index (χ1) is 13.5. The molecule has 2 amide bonds. The van der Waals surface area contributed by atoms with Gasteiger partial charge in [-0.15, -0.1) is 0 Å². The molecule has 2 aromatic rings. The SMILES string of the molecule is C[C@@H](Nc1ccc(N2CCCCCC2)cc1)C(=O)Nc1ccc(C(N)=O)cc1. The van der Waals surface area contributed by atoms with Crippen molar-refractivity contribution in [3.63, 3.8) is 0 Å². The molecule has 0 unspecified atom stereocenters. The molecule has 148 valence electrons. The van der Waals surface area contributed by atoms with Gasteiger partial charge >= 0.3 is 0 Å². The summed E-state index contributed by atoms with van der Waals surface area (Å²) in [5.41, 5.74) is 8.40. The van der Waals surface area contributed by atoms with Crippen LogP contribution in [0.1, 0.15) is 43.0 Å². The Hall–Kier alpha value is -3.02. The van der Waals surface area contributed by atoms with Crippen molar-refractivity contribution in [3.05, 3.63) is 54.1 Å². The zero-order chi connectivity index (χ0) is 19.9. The van der Waals surface area contributed by atoms with E-state index in [1.165, 1.54) is 31.4 Å². The van der Waals surface area contributed by atoms with E-state index in [1.54, 1.807) is 24.3 Å². The molecule has 1 aliphatic rings. The Labute approximate surface area is 166 Å². The molecule has 28 heavy (non-hydrogen) atoms. The molecule has 0 spiro atoms. The Morgan fingerprint density at radius 3 is 2.04 bits per heavy atom. The lowest BCUT2D eigenvalue weighted by Crippen LogP contribution is -2.31. The zero-order valence-electron chi connectivity index (χ0n) is 16.3. The lowest BCUT2D eigenvalue weighted by atomic mass is 10.2. The van der Waals surface area contributed by atoms with Crippen molar-refractivity contribution in [1.29, 1.82) is 0 Å². The summed E-state index contributed by atoms with van der Waals surface area (Å²) in [5, 5.41) is 6.07. The van der Waals surface area contributed by atoms with Crippen molar-refractivity contribution in [3.8, 4) is 0 Å². The molecular weight excluding hydrogens is 352 g/mol. The number of carbonyl (C=O) groups excluding carboxylic acids is 2. The molecule has 1 aliphatic heterocycles. The Balaban J connectivity index is 1.55. The molecule has 1 atom stereocenters. The first-order valence-electron chi connectivity index (χ1n) is 9.85. The van der Waals surface area contributed by atoms with E-state index in [2.05, 4.69) is 27.7 Å². The van der Waals surface area contributed by atoms with Crippen molar-refractivity contribution in [2.45, 2.75) is 38.6 Å². The molecule has 6 heteroatoms. The third kappa shape index (κ3) is 5.25. The van der Waals surface area contributed by atoms with Crippen LogP contribution in [-0.4, -0.2) is 30.9 Å². The lowest BCUT2D eigenvalue weighted by Gasteiger charge is -2.23. The van der Waals surface area contributed by atoms with Gasteiger partial charge < -0.3 is 21.3 Å². The quantitative estimate of drug-likeness (QED) is 0.714. The molecule has 1 heterocycles. The second-order valence-corrected chi connectivity index (χ2v) is 7.25. The first kappa shape index (κ1) is 19.7. The van der Waals surface area contributed by atoms with Crippen LogP contribution in [0.25, 0.3) is 0 Å². The molecule has 1 fully saturated rings. The maximum Gasteiger partial charge on any atom is 0.248 e. The van der Waals surface area contributed by atoms with E-state index < -0.39 is 11.9 Å². The predicted molar refractivity (Wildman–Crippen MR) is 114 cm³/mol. The van der Waals surface area contributed by atoms with Crippen molar-refractivity contribution < 1.29 is 9.59 Å². The number of amides is 2. The van der Waals surface area contributed by atoms with Gasteiger partial charge in [-0.3, -0.25) is 9.59 Å². The molecule has 0 saturated carbocycles.